The van der Waals surface area contributed by atoms with Gasteiger partial charge in [-0.25, -0.2) is 4.79 Å². The van der Waals surface area contributed by atoms with Crippen molar-refractivity contribution >= 4 is 5.97 Å². The van der Waals surface area contributed by atoms with Gasteiger partial charge in [-0.3, -0.25) is 4.68 Å². The topological polar surface area (TPSA) is 105 Å². The molecule has 2 rings (SSSR count). The van der Waals surface area contributed by atoms with Crippen LogP contribution in [0.2, 0.25) is 0 Å². The zero-order valence-electron chi connectivity index (χ0n) is 12.1. The van der Waals surface area contributed by atoms with Crippen LogP contribution >= 0.6 is 0 Å². The molecule has 24 heavy (non-hydrogen) atoms. The second-order valence-corrected chi connectivity index (χ2v) is 4.98. The van der Waals surface area contributed by atoms with Crippen LogP contribution < -0.4 is 4.74 Å². The van der Waals surface area contributed by atoms with Crippen molar-refractivity contribution in [3.63, 3.8) is 0 Å². The van der Waals surface area contributed by atoms with E-state index in [1.807, 2.05) is 0 Å². The van der Waals surface area contributed by atoms with Gasteiger partial charge in [-0.2, -0.15) is 18.3 Å². The van der Waals surface area contributed by atoms with Gasteiger partial charge in [-0.05, 0) is 17.7 Å². The Balaban J connectivity index is 2.04. The third kappa shape index (κ3) is 4.24. The number of carboxylic acid groups (broad SMARTS) is 1. The van der Waals surface area contributed by atoms with Crippen molar-refractivity contribution < 1.29 is 38.0 Å². The van der Waals surface area contributed by atoms with Crippen LogP contribution in [0.15, 0.2) is 36.7 Å². The van der Waals surface area contributed by atoms with E-state index in [0.29, 0.717) is 5.56 Å². The van der Waals surface area contributed by atoms with E-state index in [-0.39, 0.29) is 17.9 Å². The molecule has 0 fully saturated rings. The first-order valence-electron chi connectivity index (χ1n) is 6.57. The Morgan fingerprint density at radius 3 is 2.58 bits per heavy atom. The molecule has 0 amide bonds. The van der Waals surface area contributed by atoms with Gasteiger partial charge in [0.1, 0.15) is 5.75 Å². The summed E-state index contributed by atoms with van der Waals surface area (Å²) in [6, 6.07) is 5.86. The number of hydrogen-bond donors (Lipinski definition) is 3. The monoisotopic (exact) mass is 346 g/mol. The molecule has 10 heteroatoms. The van der Waals surface area contributed by atoms with Crippen molar-refractivity contribution in [2.75, 3.05) is 6.61 Å². The van der Waals surface area contributed by atoms with Gasteiger partial charge >= 0.3 is 12.1 Å². The maximum atomic E-state index is 12.3. The van der Waals surface area contributed by atoms with E-state index in [1.54, 1.807) is 6.07 Å². The van der Waals surface area contributed by atoms with Crippen LogP contribution in [-0.2, 0) is 6.54 Å². The predicted octanol–water partition coefficient (Wildman–Crippen LogP) is 1.25. The fourth-order valence-electron chi connectivity index (χ4n) is 1.75. The van der Waals surface area contributed by atoms with Crippen LogP contribution in [-0.4, -0.2) is 49.6 Å². The van der Waals surface area contributed by atoms with Crippen LogP contribution in [0.3, 0.4) is 0 Å². The molecular formula is C14H13F3N2O5. The van der Waals surface area contributed by atoms with Gasteiger partial charge in [0, 0.05) is 6.20 Å². The molecule has 130 valence electrons. The Bertz CT molecular complexity index is 727. The first-order valence-corrected chi connectivity index (χ1v) is 6.57. The highest BCUT2D eigenvalue weighted by Crippen LogP contribution is 2.28. The van der Waals surface area contributed by atoms with Crippen molar-refractivity contribution in [1.29, 1.82) is 0 Å². The fourth-order valence-corrected chi connectivity index (χ4v) is 1.75. The van der Waals surface area contributed by atoms with E-state index in [9.17, 15) is 18.0 Å². The largest absolute Gasteiger partial charge is 0.488 e. The Morgan fingerprint density at radius 2 is 2.00 bits per heavy atom. The van der Waals surface area contributed by atoms with Gasteiger partial charge in [0.15, 0.2) is 6.61 Å². The average molecular weight is 346 g/mol. The van der Waals surface area contributed by atoms with Crippen LogP contribution in [0.1, 0.15) is 15.9 Å². The highest BCUT2D eigenvalue weighted by Gasteiger charge is 2.53. The standard InChI is InChI=1S/C14H13F3N2O5/c15-14(16,17)13(22,23)8-24-11-3-1-2-9(4-11)6-19-7-10(5-18-19)12(20)21/h1-5,7,22-23H,6,8H2,(H,20,21). The molecule has 0 saturated heterocycles. The van der Waals surface area contributed by atoms with Gasteiger partial charge in [-0.15, -0.1) is 0 Å². The normalized spacial score (nSPS) is 12.2. The number of aromatic nitrogens is 2. The highest BCUT2D eigenvalue weighted by molar-refractivity contribution is 5.86. The molecule has 1 aromatic carbocycles. The fraction of sp³-hybridized carbons (Fsp3) is 0.286. The van der Waals surface area contributed by atoms with Crippen molar-refractivity contribution in [3.8, 4) is 5.75 Å². The SMILES string of the molecule is O=C(O)c1cnn(Cc2cccc(OCC(O)(O)C(F)(F)F)c2)c1. The zero-order valence-corrected chi connectivity index (χ0v) is 12.1. The summed E-state index contributed by atoms with van der Waals surface area (Å²) in [5, 5.41) is 30.5. The molecule has 0 radical (unpaired) electrons. The Kier molecular flexibility index (Phi) is 4.81. The minimum atomic E-state index is -5.24. The molecule has 0 unspecified atom stereocenters. The highest BCUT2D eigenvalue weighted by atomic mass is 19.4. The van der Waals surface area contributed by atoms with Gasteiger partial charge in [-0.1, -0.05) is 12.1 Å². The van der Waals surface area contributed by atoms with Gasteiger partial charge in [0.2, 0.25) is 0 Å². The van der Waals surface area contributed by atoms with E-state index < -0.39 is 24.5 Å². The third-order valence-corrected chi connectivity index (χ3v) is 3.02. The first-order chi connectivity index (χ1) is 11.1. The van der Waals surface area contributed by atoms with Crippen LogP contribution in [0.5, 0.6) is 5.75 Å². The van der Waals surface area contributed by atoms with Gasteiger partial charge in [0.05, 0.1) is 18.3 Å². The molecule has 0 bridgehead atoms. The molecule has 0 saturated carbocycles. The van der Waals surface area contributed by atoms with Gasteiger partial charge in [0.25, 0.3) is 5.79 Å². The van der Waals surface area contributed by atoms with Crippen molar-refractivity contribution in [1.82, 2.24) is 9.78 Å². The number of halogens is 3. The van der Waals surface area contributed by atoms with E-state index in [4.69, 9.17) is 20.1 Å². The molecule has 3 N–H and O–H groups in total. The number of rotatable bonds is 6. The summed E-state index contributed by atoms with van der Waals surface area (Å²) in [5.41, 5.74) is 0.568. The lowest BCUT2D eigenvalue weighted by Crippen LogP contribution is -2.49. The molecule has 2 aromatic rings. The third-order valence-electron chi connectivity index (χ3n) is 3.02. The number of aliphatic hydroxyl groups is 2. The lowest BCUT2D eigenvalue weighted by molar-refractivity contribution is -0.355. The molecule has 0 spiro atoms. The summed E-state index contributed by atoms with van der Waals surface area (Å²) in [6.45, 7) is -1.22. The summed E-state index contributed by atoms with van der Waals surface area (Å²) in [5.74, 6) is -5.09. The van der Waals surface area contributed by atoms with E-state index in [1.165, 1.54) is 29.1 Å². The minimum Gasteiger partial charge on any atom is -0.488 e. The quantitative estimate of drug-likeness (QED) is 0.680. The van der Waals surface area contributed by atoms with Crippen LogP contribution in [0, 0.1) is 0 Å². The number of ether oxygens (including phenoxy) is 1. The second-order valence-electron chi connectivity index (χ2n) is 4.98. The molecule has 0 aliphatic carbocycles. The second kappa shape index (κ2) is 6.49. The summed E-state index contributed by atoms with van der Waals surface area (Å²) >= 11 is 0. The number of nitrogens with zero attached hydrogens (tertiary/aromatic N) is 2. The smallest absolute Gasteiger partial charge is 0.446 e. The Morgan fingerprint density at radius 1 is 1.29 bits per heavy atom. The summed E-state index contributed by atoms with van der Waals surface area (Å²) in [7, 11) is 0. The lowest BCUT2D eigenvalue weighted by Gasteiger charge is -2.24. The lowest BCUT2D eigenvalue weighted by atomic mass is 10.2. The number of alkyl halides is 3. The van der Waals surface area contributed by atoms with Crippen LogP contribution in [0.4, 0.5) is 13.2 Å². The molecule has 0 aliphatic heterocycles. The summed E-state index contributed by atoms with van der Waals surface area (Å²) in [6.07, 6.45) is -2.78. The zero-order chi connectivity index (χ0) is 18.0. The van der Waals surface area contributed by atoms with Crippen molar-refractivity contribution in [3.05, 3.63) is 47.8 Å². The molecule has 7 nitrogen and oxygen atoms in total. The van der Waals surface area contributed by atoms with E-state index in [2.05, 4.69) is 5.10 Å². The number of benzene rings is 1. The van der Waals surface area contributed by atoms with Crippen molar-refractivity contribution in [2.45, 2.75) is 18.5 Å². The minimum absolute atomic E-state index is 0.00192. The number of carbonyl (C=O) groups is 1. The van der Waals surface area contributed by atoms with Gasteiger partial charge < -0.3 is 20.1 Å². The molecule has 1 aromatic heterocycles. The number of aromatic carboxylic acids is 1. The molecule has 0 aliphatic rings. The van der Waals surface area contributed by atoms with Crippen LogP contribution in [0.25, 0.3) is 0 Å². The summed E-state index contributed by atoms with van der Waals surface area (Å²) < 4.78 is 43.1. The number of carboxylic acids is 1. The Hall–Kier alpha value is -2.59. The molecule has 1 heterocycles. The molecular weight excluding hydrogens is 333 g/mol. The average Bonchev–Trinajstić information content (AvgIpc) is 2.93. The van der Waals surface area contributed by atoms with Crippen molar-refractivity contribution in [2.24, 2.45) is 0 Å². The maximum Gasteiger partial charge on any atom is 0.446 e. The van der Waals surface area contributed by atoms with E-state index >= 15 is 0 Å². The maximum absolute atomic E-state index is 12.3. The number of hydrogen-bond acceptors (Lipinski definition) is 5. The Labute approximate surface area is 133 Å². The summed E-state index contributed by atoms with van der Waals surface area (Å²) in [4.78, 5) is 10.8. The molecule has 0 atom stereocenters. The van der Waals surface area contributed by atoms with E-state index in [0.717, 1.165) is 6.20 Å². The predicted molar refractivity (Wildman–Crippen MR) is 73.4 cm³/mol. The first kappa shape index (κ1) is 17.8.